The number of hydrogen-bond acceptors (Lipinski definition) is 6. The number of carbonyl (C=O) groups is 2. The van der Waals surface area contributed by atoms with E-state index >= 15 is 0 Å². The van der Waals surface area contributed by atoms with Crippen LogP contribution in [-0.4, -0.2) is 21.4 Å². The molecular weight excluding hydrogens is 348 g/mol. The lowest BCUT2D eigenvalue weighted by atomic mass is 10.1. The van der Waals surface area contributed by atoms with Gasteiger partial charge in [-0.1, -0.05) is 0 Å². The summed E-state index contributed by atoms with van der Waals surface area (Å²) in [6.45, 7) is 0.380. The van der Waals surface area contributed by atoms with Crippen molar-refractivity contribution in [3.8, 4) is 11.4 Å². The Morgan fingerprint density at radius 3 is 2.41 bits per heavy atom. The first-order valence-corrected chi connectivity index (χ1v) is 8.08. The van der Waals surface area contributed by atoms with Crippen LogP contribution in [0, 0.1) is 0 Å². The average molecular weight is 362 g/mol. The molecule has 1 aliphatic heterocycles. The maximum atomic E-state index is 12.4. The zero-order valence-corrected chi connectivity index (χ0v) is 14.0. The molecule has 1 aliphatic rings. The number of ether oxygens (including phenoxy) is 1. The van der Waals surface area contributed by atoms with Gasteiger partial charge in [0, 0.05) is 18.5 Å². The monoisotopic (exact) mass is 362 g/mol. The van der Waals surface area contributed by atoms with Crippen LogP contribution in [0.5, 0.6) is 5.75 Å². The lowest BCUT2D eigenvalue weighted by molar-refractivity contribution is 0.0880. The number of pyridine rings is 2. The van der Waals surface area contributed by atoms with Gasteiger partial charge in [-0.2, -0.15) is 0 Å². The number of nitrogens with two attached hydrogens (primary N) is 1. The fourth-order valence-electron chi connectivity index (χ4n) is 2.88. The SMILES string of the molecule is Nc1c2c(cc(=O)n1-c1ccc(OCc3ccncc3)cc1)C(=O)NC2=O. The fourth-order valence-corrected chi connectivity index (χ4v) is 2.88. The third-order valence-electron chi connectivity index (χ3n) is 4.20. The van der Waals surface area contributed by atoms with Crippen molar-refractivity contribution in [2.24, 2.45) is 0 Å². The first-order chi connectivity index (χ1) is 13.0. The molecule has 0 saturated carbocycles. The minimum Gasteiger partial charge on any atom is -0.489 e. The van der Waals surface area contributed by atoms with Crippen LogP contribution in [0.15, 0.2) is 59.7 Å². The highest BCUT2D eigenvalue weighted by molar-refractivity contribution is 6.23. The van der Waals surface area contributed by atoms with Gasteiger partial charge in [0.2, 0.25) is 0 Å². The predicted molar refractivity (Wildman–Crippen MR) is 96.8 cm³/mol. The molecule has 3 N–H and O–H groups in total. The Labute approximate surface area is 153 Å². The van der Waals surface area contributed by atoms with Crippen molar-refractivity contribution in [2.75, 3.05) is 5.73 Å². The van der Waals surface area contributed by atoms with E-state index in [-0.39, 0.29) is 16.9 Å². The van der Waals surface area contributed by atoms with Gasteiger partial charge in [-0.25, -0.2) is 0 Å². The number of amides is 2. The Kier molecular flexibility index (Phi) is 3.92. The molecule has 3 heterocycles. The Balaban J connectivity index is 1.63. The van der Waals surface area contributed by atoms with Crippen LogP contribution >= 0.6 is 0 Å². The van der Waals surface area contributed by atoms with Gasteiger partial charge in [0.15, 0.2) is 0 Å². The number of rotatable bonds is 4. The van der Waals surface area contributed by atoms with Gasteiger partial charge < -0.3 is 10.5 Å². The van der Waals surface area contributed by atoms with Gasteiger partial charge in [-0.3, -0.25) is 29.3 Å². The van der Waals surface area contributed by atoms with E-state index in [4.69, 9.17) is 10.5 Å². The molecule has 0 spiro atoms. The average Bonchev–Trinajstić information content (AvgIpc) is 2.95. The third-order valence-corrected chi connectivity index (χ3v) is 4.20. The lowest BCUT2D eigenvalue weighted by Gasteiger charge is -2.12. The number of imide groups is 1. The first-order valence-electron chi connectivity index (χ1n) is 8.08. The second-order valence-electron chi connectivity index (χ2n) is 5.91. The van der Waals surface area contributed by atoms with Crippen LogP contribution in [0.3, 0.4) is 0 Å². The molecule has 134 valence electrons. The van der Waals surface area contributed by atoms with Crippen LogP contribution in [0.2, 0.25) is 0 Å². The van der Waals surface area contributed by atoms with Crippen LogP contribution in [0.25, 0.3) is 5.69 Å². The molecule has 0 unspecified atom stereocenters. The standard InChI is InChI=1S/C19H14N4O4/c20-17-16-14(18(25)22-19(16)26)9-15(24)23(17)12-1-3-13(4-2-12)27-10-11-5-7-21-8-6-11/h1-9H,10,20H2,(H,22,25,26). The van der Waals surface area contributed by atoms with Crippen molar-refractivity contribution in [1.29, 1.82) is 0 Å². The Hall–Kier alpha value is -3.94. The van der Waals surface area contributed by atoms with Crippen LogP contribution in [0.4, 0.5) is 5.82 Å². The second-order valence-corrected chi connectivity index (χ2v) is 5.91. The van der Waals surface area contributed by atoms with Crippen LogP contribution in [0.1, 0.15) is 26.3 Å². The highest BCUT2D eigenvalue weighted by Crippen LogP contribution is 2.24. The zero-order valence-electron chi connectivity index (χ0n) is 14.0. The molecule has 0 atom stereocenters. The number of anilines is 1. The van der Waals surface area contributed by atoms with E-state index in [1.165, 1.54) is 4.57 Å². The molecule has 4 rings (SSSR count). The topological polar surface area (TPSA) is 116 Å². The van der Waals surface area contributed by atoms with Crippen LogP contribution in [-0.2, 0) is 6.61 Å². The summed E-state index contributed by atoms with van der Waals surface area (Å²) in [4.78, 5) is 40.0. The Bertz CT molecular complexity index is 1110. The fraction of sp³-hybridized carbons (Fsp3) is 0.0526. The minimum atomic E-state index is -0.620. The number of hydrogen-bond donors (Lipinski definition) is 2. The number of nitrogen functional groups attached to an aromatic ring is 1. The van der Waals surface area contributed by atoms with Gasteiger partial charge >= 0.3 is 0 Å². The highest BCUT2D eigenvalue weighted by atomic mass is 16.5. The Morgan fingerprint density at radius 2 is 1.70 bits per heavy atom. The number of benzene rings is 1. The molecule has 0 fully saturated rings. The number of aromatic nitrogens is 2. The zero-order chi connectivity index (χ0) is 19.0. The van der Waals surface area contributed by atoms with Gasteiger partial charge in [-0.15, -0.1) is 0 Å². The number of nitrogens with one attached hydrogen (secondary N) is 1. The maximum absolute atomic E-state index is 12.4. The van der Waals surface area contributed by atoms with Crippen molar-refractivity contribution in [2.45, 2.75) is 6.61 Å². The molecule has 2 amide bonds. The molecule has 0 bridgehead atoms. The van der Waals surface area contributed by atoms with E-state index in [1.807, 2.05) is 12.1 Å². The third kappa shape index (κ3) is 2.93. The number of nitrogens with zero attached hydrogens (tertiary/aromatic N) is 2. The summed E-state index contributed by atoms with van der Waals surface area (Å²) in [5.74, 6) is -0.702. The largest absolute Gasteiger partial charge is 0.489 e. The van der Waals surface area contributed by atoms with E-state index in [0.29, 0.717) is 18.0 Å². The quantitative estimate of drug-likeness (QED) is 0.675. The first kappa shape index (κ1) is 16.5. The van der Waals surface area contributed by atoms with E-state index in [9.17, 15) is 14.4 Å². The predicted octanol–water partition coefficient (Wildman–Crippen LogP) is 1.28. The van der Waals surface area contributed by atoms with E-state index in [0.717, 1.165) is 11.6 Å². The minimum absolute atomic E-state index is 0.00365. The van der Waals surface area contributed by atoms with Gasteiger partial charge in [-0.05, 0) is 42.0 Å². The highest BCUT2D eigenvalue weighted by Gasteiger charge is 2.31. The lowest BCUT2D eigenvalue weighted by Crippen LogP contribution is -2.24. The summed E-state index contributed by atoms with van der Waals surface area (Å²) in [5, 5.41) is 2.14. The summed E-state index contributed by atoms with van der Waals surface area (Å²) in [7, 11) is 0. The van der Waals surface area contributed by atoms with E-state index < -0.39 is 17.4 Å². The summed E-state index contributed by atoms with van der Waals surface area (Å²) < 4.78 is 6.88. The molecule has 0 saturated heterocycles. The molecule has 8 nitrogen and oxygen atoms in total. The molecule has 0 aliphatic carbocycles. The van der Waals surface area contributed by atoms with Gasteiger partial charge in [0.1, 0.15) is 18.2 Å². The van der Waals surface area contributed by atoms with Gasteiger partial charge in [0.05, 0.1) is 16.8 Å². The maximum Gasteiger partial charge on any atom is 0.262 e. The molecule has 0 radical (unpaired) electrons. The molecule has 27 heavy (non-hydrogen) atoms. The smallest absolute Gasteiger partial charge is 0.262 e. The number of fused-ring (bicyclic) bond motifs is 1. The van der Waals surface area contributed by atoms with E-state index in [2.05, 4.69) is 10.3 Å². The second kappa shape index (κ2) is 6.41. The van der Waals surface area contributed by atoms with Crippen molar-refractivity contribution in [1.82, 2.24) is 14.9 Å². The van der Waals surface area contributed by atoms with Crippen molar-refractivity contribution >= 4 is 17.6 Å². The Morgan fingerprint density at radius 1 is 1.00 bits per heavy atom. The van der Waals surface area contributed by atoms with Crippen molar-refractivity contribution in [3.05, 3.63) is 81.9 Å². The van der Waals surface area contributed by atoms with E-state index in [1.54, 1.807) is 36.7 Å². The van der Waals surface area contributed by atoms with Crippen molar-refractivity contribution in [3.63, 3.8) is 0 Å². The van der Waals surface area contributed by atoms with Crippen LogP contribution < -0.4 is 21.3 Å². The normalized spacial score (nSPS) is 12.6. The summed E-state index contributed by atoms with van der Waals surface area (Å²) in [6.07, 6.45) is 3.37. The van der Waals surface area contributed by atoms with Crippen molar-refractivity contribution < 1.29 is 14.3 Å². The summed E-state index contributed by atoms with van der Waals surface area (Å²) >= 11 is 0. The summed E-state index contributed by atoms with van der Waals surface area (Å²) in [6, 6.07) is 11.5. The van der Waals surface area contributed by atoms with Gasteiger partial charge in [0.25, 0.3) is 17.4 Å². The molecule has 3 aromatic rings. The molecule has 2 aromatic heterocycles. The molecular formula is C19H14N4O4. The molecule has 1 aromatic carbocycles. The number of carbonyl (C=O) groups excluding carboxylic acids is 2. The summed E-state index contributed by atoms with van der Waals surface area (Å²) in [5.41, 5.74) is 6.95. The molecule has 8 heteroatoms.